The van der Waals surface area contributed by atoms with Crippen molar-refractivity contribution in [1.29, 1.82) is 0 Å². The summed E-state index contributed by atoms with van der Waals surface area (Å²) in [5.41, 5.74) is 5.42. The second-order valence-electron chi connectivity index (χ2n) is 5.20. The number of piperazine rings is 1. The third kappa shape index (κ3) is 3.25. The Balaban J connectivity index is 1.72. The lowest BCUT2D eigenvalue weighted by atomic mass is 10.4. The predicted molar refractivity (Wildman–Crippen MR) is 93.1 cm³/mol. The van der Waals surface area contributed by atoms with Crippen molar-refractivity contribution in [3.05, 3.63) is 40.4 Å². The second-order valence-corrected chi connectivity index (χ2v) is 8.35. The molecule has 10 heteroatoms. The van der Waals surface area contributed by atoms with Crippen molar-refractivity contribution in [2.24, 2.45) is 5.73 Å². The highest BCUT2D eigenvalue weighted by Crippen LogP contribution is 2.27. The molecule has 2 N–H and O–H groups in total. The Bertz CT molecular complexity index is 860. The van der Waals surface area contributed by atoms with Crippen molar-refractivity contribution in [3.63, 3.8) is 0 Å². The van der Waals surface area contributed by atoms with Crippen LogP contribution in [0.15, 0.2) is 34.5 Å². The van der Waals surface area contributed by atoms with Gasteiger partial charge in [-0.25, -0.2) is 13.4 Å². The number of halogens is 1. The first-order valence-electron chi connectivity index (χ1n) is 7.14. The Kier molecular flexibility index (Phi) is 4.77. The number of benzene rings is 1. The summed E-state index contributed by atoms with van der Waals surface area (Å²) in [5.74, 6) is -0.572. The Hall–Kier alpha value is -1.68. The molecule has 0 unspecified atom stereocenters. The molecule has 1 amide bonds. The van der Waals surface area contributed by atoms with Gasteiger partial charge >= 0.3 is 0 Å². The molecule has 0 bridgehead atoms. The van der Waals surface area contributed by atoms with Crippen LogP contribution >= 0.6 is 22.9 Å². The van der Waals surface area contributed by atoms with Crippen LogP contribution in [0.1, 0.15) is 10.5 Å². The first-order valence-corrected chi connectivity index (χ1v) is 9.84. The number of hydrogen-bond acceptors (Lipinski definition) is 6. The molecular weight excluding hydrogens is 372 g/mol. The zero-order valence-corrected chi connectivity index (χ0v) is 14.9. The molecule has 1 aromatic heterocycles. The Morgan fingerprint density at radius 1 is 1.21 bits per heavy atom. The zero-order valence-electron chi connectivity index (χ0n) is 12.6. The topological polar surface area (TPSA) is 96.6 Å². The van der Waals surface area contributed by atoms with E-state index in [1.54, 1.807) is 23.6 Å². The number of amides is 1. The molecular formula is C14H15ClN4O3S2. The highest BCUT2D eigenvalue weighted by molar-refractivity contribution is 7.89. The second kappa shape index (κ2) is 6.67. The summed E-state index contributed by atoms with van der Waals surface area (Å²) >= 11 is 7.33. The molecule has 1 fully saturated rings. The number of sulfonamides is 1. The largest absolute Gasteiger partial charge is 0.364 e. The Morgan fingerprint density at radius 2 is 1.88 bits per heavy atom. The Morgan fingerprint density at radius 3 is 2.46 bits per heavy atom. The van der Waals surface area contributed by atoms with E-state index >= 15 is 0 Å². The van der Waals surface area contributed by atoms with Gasteiger partial charge in [-0.15, -0.1) is 11.3 Å². The predicted octanol–water partition coefficient (Wildman–Crippen LogP) is 1.41. The normalized spacial score (nSPS) is 16.3. The van der Waals surface area contributed by atoms with Crippen LogP contribution in [0.25, 0.3) is 0 Å². The van der Waals surface area contributed by atoms with Gasteiger partial charge in [0.05, 0.1) is 5.02 Å². The van der Waals surface area contributed by atoms with Gasteiger partial charge in [0.15, 0.2) is 5.13 Å². The SMILES string of the molecule is NC(=O)c1csc(N2CCN(S(=O)(=O)c3ccccc3Cl)CC2)n1. The molecule has 0 radical (unpaired) electrons. The number of anilines is 1. The van der Waals surface area contributed by atoms with Crippen molar-refractivity contribution >= 4 is 44.0 Å². The molecule has 0 aliphatic carbocycles. The number of rotatable bonds is 4. The molecule has 2 heterocycles. The summed E-state index contributed by atoms with van der Waals surface area (Å²) in [7, 11) is -3.62. The molecule has 1 aromatic carbocycles. The third-order valence-corrected chi connectivity index (χ3v) is 7.01. The van der Waals surface area contributed by atoms with Gasteiger partial charge in [0.2, 0.25) is 10.0 Å². The lowest BCUT2D eigenvalue weighted by Gasteiger charge is -2.33. The molecule has 1 saturated heterocycles. The molecule has 128 valence electrons. The Labute approximate surface area is 148 Å². The number of primary amides is 1. The lowest BCUT2D eigenvalue weighted by Crippen LogP contribution is -2.48. The fourth-order valence-corrected chi connectivity index (χ4v) is 5.22. The third-order valence-electron chi connectivity index (χ3n) is 3.71. The summed E-state index contributed by atoms with van der Waals surface area (Å²) < 4.78 is 26.8. The van der Waals surface area contributed by atoms with E-state index < -0.39 is 15.9 Å². The van der Waals surface area contributed by atoms with Crippen LogP contribution in [-0.2, 0) is 10.0 Å². The average Bonchev–Trinajstić information content (AvgIpc) is 3.05. The van der Waals surface area contributed by atoms with E-state index in [0.29, 0.717) is 31.3 Å². The van der Waals surface area contributed by atoms with Gasteiger partial charge < -0.3 is 10.6 Å². The molecule has 0 atom stereocenters. The summed E-state index contributed by atoms with van der Waals surface area (Å²) in [4.78, 5) is 17.3. The summed E-state index contributed by atoms with van der Waals surface area (Å²) in [6.45, 7) is 1.60. The number of hydrogen-bond donors (Lipinski definition) is 1. The van der Waals surface area contributed by atoms with Crippen molar-refractivity contribution in [1.82, 2.24) is 9.29 Å². The summed E-state index contributed by atoms with van der Waals surface area (Å²) in [6.07, 6.45) is 0. The maximum Gasteiger partial charge on any atom is 0.268 e. The molecule has 2 aromatic rings. The van der Waals surface area contributed by atoms with Crippen molar-refractivity contribution in [2.45, 2.75) is 4.90 Å². The summed E-state index contributed by atoms with van der Waals surface area (Å²) in [5, 5.41) is 2.48. The molecule has 1 aliphatic heterocycles. The molecule has 1 aliphatic rings. The first kappa shape index (κ1) is 17.2. The fourth-order valence-electron chi connectivity index (χ4n) is 2.44. The minimum absolute atomic E-state index is 0.116. The molecule has 24 heavy (non-hydrogen) atoms. The number of aromatic nitrogens is 1. The summed E-state index contributed by atoms with van der Waals surface area (Å²) in [6, 6.07) is 6.41. The van der Waals surface area contributed by atoms with Crippen LogP contribution in [0.4, 0.5) is 5.13 Å². The zero-order chi connectivity index (χ0) is 17.3. The number of carbonyl (C=O) groups is 1. The van der Waals surface area contributed by atoms with Gasteiger partial charge in [0.1, 0.15) is 10.6 Å². The van der Waals surface area contributed by atoms with Crippen LogP contribution in [0.2, 0.25) is 5.02 Å². The monoisotopic (exact) mass is 386 g/mol. The van der Waals surface area contributed by atoms with Crippen LogP contribution in [0, 0.1) is 0 Å². The van der Waals surface area contributed by atoms with Gasteiger partial charge in [-0.3, -0.25) is 4.79 Å². The molecule has 0 spiro atoms. The maximum absolute atomic E-state index is 12.7. The molecule has 0 saturated carbocycles. The quantitative estimate of drug-likeness (QED) is 0.856. The highest BCUT2D eigenvalue weighted by atomic mass is 35.5. The van der Waals surface area contributed by atoms with Crippen molar-refractivity contribution in [2.75, 3.05) is 31.1 Å². The van der Waals surface area contributed by atoms with E-state index in [0.717, 1.165) is 0 Å². The smallest absolute Gasteiger partial charge is 0.268 e. The van der Waals surface area contributed by atoms with E-state index in [9.17, 15) is 13.2 Å². The van der Waals surface area contributed by atoms with E-state index in [2.05, 4.69) is 4.98 Å². The van der Waals surface area contributed by atoms with Gasteiger partial charge in [-0.05, 0) is 12.1 Å². The highest BCUT2D eigenvalue weighted by Gasteiger charge is 2.30. The first-order chi connectivity index (χ1) is 11.4. The minimum atomic E-state index is -3.62. The average molecular weight is 387 g/mol. The number of nitrogens with two attached hydrogens (primary N) is 1. The minimum Gasteiger partial charge on any atom is -0.364 e. The maximum atomic E-state index is 12.7. The van der Waals surface area contributed by atoms with Crippen LogP contribution < -0.4 is 10.6 Å². The van der Waals surface area contributed by atoms with Gasteiger partial charge in [-0.2, -0.15) is 4.31 Å². The van der Waals surface area contributed by atoms with Crippen LogP contribution in [0.3, 0.4) is 0 Å². The van der Waals surface area contributed by atoms with Gasteiger partial charge in [0, 0.05) is 31.6 Å². The van der Waals surface area contributed by atoms with Crippen molar-refractivity contribution in [3.8, 4) is 0 Å². The number of thiazole rings is 1. The number of carbonyl (C=O) groups excluding carboxylic acids is 1. The standard InChI is InChI=1S/C14H15ClN4O3S2/c15-10-3-1-2-4-12(10)24(21,22)19-7-5-18(6-8-19)14-17-11(9-23-14)13(16)20/h1-4,9H,5-8H2,(H2,16,20). The number of nitrogens with zero attached hydrogens (tertiary/aromatic N) is 3. The van der Waals surface area contributed by atoms with E-state index in [1.807, 2.05) is 4.90 Å². The van der Waals surface area contributed by atoms with Gasteiger partial charge in [-0.1, -0.05) is 23.7 Å². The lowest BCUT2D eigenvalue weighted by molar-refractivity contribution is 0.0996. The van der Waals surface area contributed by atoms with Crippen molar-refractivity contribution < 1.29 is 13.2 Å². The van der Waals surface area contributed by atoms with Gasteiger partial charge in [0.25, 0.3) is 5.91 Å². The fraction of sp³-hybridized carbons (Fsp3) is 0.286. The van der Waals surface area contributed by atoms with Crippen LogP contribution in [0.5, 0.6) is 0 Å². The molecule has 7 nitrogen and oxygen atoms in total. The van der Waals surface area contributed by atoms with E-state index in [-0.39, 0.29) is 15.6 Å². The molecule has 3 rings (SSSR count). The van der Waals surface area contributed by atoms with E-state index in [4.69, 9.17) is 17.3 Å². The van der Waals surface area contributed by atoms with E-state index in [1.165, 1.54) is 21.7 Å². The van der Waals surface area contributed by atoms with Crippen LogP contribution in [-0.4, -0.2) is 49.8 Å².